The van der Waals surface area contributed by atoms with Crippen molar-refractivity contribution in [2.24, 2.45) is 0 Å². The molecule has 0 spiro atoms. The summed E-state index contributed by atoms with van der Waals surface area (Å²) in [4.78, 5) is 2.38. The quantitative estimate of drug-likeness (QED) is 0.839. The maximum atomic E-state index is 10.1. The standard InChI is InChI=1S/C15H23ClN2O2/c1-12(11-18-6-8-20-9-7-18)17-10-15(19)13-2-4-14(16)5-3-13/h2-5,12,15,17,19H,6-11H2,1H3. The number of aliphatic hydroxyl groups excluding tert-OH is 1. The first-order valence-corrected chi connectivity index (χ1v) is 7.50. The molecule has 1 saturated heterocycles. The smallest absolute Gasteiger partial charge is 0.0914 e. The third kappa shape index (κ3) is 5.04. The van der Waals surface area contributed by atoms with E-state index in [9.17, 15) is 5.11 Å². The molecule has 1 aliphatic heterocycles. The fourth-order valence-electron chi connectivity index (χ4n) is 2.35. The fraction of sp³-hybridized carbons (Fsp3) is 0.600. The number of rotatable bonds is 6. The molecule has 1 aromatic carbocycles. The van der Waals surface area contributed by atoms with Gasteiger partial charge < -0.3 is 15.2 Å². The third-order valence-corrected chi connectivity index (χ3v) is 3.80. The largest absolute Gasteiger partial charge is 0.387 e. The van der Waals surface area contributed by atoms with E-state index < -0.39 is 6.10 Å². The zero-order valence-electron chi connectivity index (χ0n) is 11.9. The number of nitrogens with zero attached hydrogens (tertiary/aromatic N) is 1. The highest BCUT2D eigenvalue weighted by Crippen LogP contribution is 2.15. The average molecular weight is 299 g/mol. The van der Waals surface area contributed by atoms with Crippen molar-refractivity contribution in [2.45, 2.75) is 19.1 Å². The lowest BCUT2D eigenvalue weighted by Crippen LogP contribution is -2.45. The van der Waals surface area contributed by atoms with Crippen LogP contribution in [0.2, 0.25) is 5.02 Å². The number of hydrogen-bond acceptors (Lipinski definition) is 4. The number of ether oxygens (including phenoxy) is 1. The highest BCUT2D eigenvalue weighted by Gasteiger charge is 2.14. The number of hydrogen-bond donors (Lipinski definition) is 2. The summed E-state index contributed by atoms with van der Waals surface area (Å²) in [6.07, 6.45) is -0.501. The lowest BCUT2D eigenvalue weighted by molar-refractivity contribution is 0.0336. The number of halogens is 1. The van der Waals surface area contributed by atoms with Gasteiger partial charge in [0.25, 0.3) is 0 Å². The van der Waals surface area contributed by atoms with E-state index in [1.54, 1.807) is 12.1 Å². The minimum atomic E-state index is -0.501. The van der Waals surface area contributed by atoms with E-state index in [1.807, 2.05) is 12.1 Å². The molecule has 0 amide bonds. The number of nitrogens with one attached hydrogen (secondary N) is 1. The molecule has 0 aromatic heterocycles. The van der Waals surface area contributed by atoms with Crippen LogP contribution in [0.5, 0.6) is 0 Å². The SMILES string of the molecule is CC(CN1CCOCC1)NCC(O)c1ccc(Cl)cc1. The predicted molar refractivity (Wildman–Crippen MR) is 81.1 cm³/mol. The van der Waals surface area contributed by atoms with E-state index in [1.165, 1.54) is 0 Å². The second-order valence-corrected chi connectivity index (χ2v) is 5.73. The van der Waals surface area contributed by atoms with Gasteiger partial charge in [0.2, 0.25) is 0 Å². The monoisotopic (exact) mass is 298 g/mol. The Morgan fingerprint density at radius 3 is 2.60 bits per heavy atom. The van der Waals surface area contributed by atoms with Crippen molar-refractivity contribution < 1.29 is 9.84 Å². The highest BCUT2D eigenvalue weighted by atomic mass is 35.5. The van der Waals surface area contributed by atoms with Gasteiger partial charge in [0.05, 0.1) is 19.3 Å². The van der Waals surface area contributed by atoms with E-state index in [-0.39, 0.29) is 0 Å². The van der Waals surface area contributed by atoms with Gasteiger partial charge in [0.1, 0.15) is 0 Å². The Labute approximate surface area is 125 Å². The minimum absolute atomic E-state index is 0.343. The molecule has 1 fully saturated rings. The van der Waals surface area contributed by atoms with Gasteiger partial charge in [-0.05, 0) is 24.6 Å². The molecule has 1 aromatic rings. The molecule has 1 aliphatic rings. The van der Waals surface area contributed by atoms with E-state index >= 15 is 0 Å². The molecular formula is C15H23ClN2O2. The minimum Gasteiger partial charge on any atom is -0.387 e. The van der Waals surface area contributed by atoms with Crippen LogP contribution in [0, 0.1) is 0 Å². The lowest BCUT2D eigenvalue weighted by atomic mass is 10.1. The van der Waals surface area contributed by atoms with Crippen molar-refractivity contribution >= 4 is 11.6 Å². The van der Waals surface area contributed by atoms with Crippen LogP contribution in [0.25, 0.3) is 0 Å². The second kappa shape index (κ2) is 7.96. The summed E-state index contributed by atoms with van der Waals surface area (Å²) in [5.41, 5.74) is 0.889. The molecular weight excluding hydrogens is 276 g/mol. The van der Waals surface area contributed by atoms with Crippen LogP contribution < -0.4 is 5.32 Å². The van der Waals surface area contributed by atoms with Crippen LogP contribution >= 0.6 is 11.6 Å². The second-order valence-electron chi connectivity index (χ2n) is 5.29. The average Bonchev–Trinajstić information content (AvgIpc) is 2.46. The molecule has 0 bridgehead atoms. The van der Waals surface area contributed by atoms with Gasteiger partial charge in [-0.3, -0.25) is 4.90 Å². The molecule has 0 saturated carbocycles. The maximum absolute atomic E-state index is 10.1. The first kappa shape index (κ1) is 15.7. The van der Waals surface area contributed by atoms with E-state index in [4.69, 9.17) is 16.3 Å². The van der Waals surface area contributed by atoms with Crippen LogP contribution in [0.3, 0.4) is 0 Å². The Hall–Kier alpha value is -0.650. The van der Waals surface area contributed by atoms with E-state index in [0.717, 1.165) is 38.4 Å². The summed E-state index contributed by atoms with van der Waals surface area (Å²) in [6, 6.07) is 7.67. The third-order valence-electron chi connectivity index (χ3n) is 3.55. The van der Waals surface area contributed by atoms with Crippen molar-refractivity contribution in [3.8, 4) is 0 Å². The van der Waals surface area contributed by atoms with Crippen molar-refractivity contribution in [1.29, 1.82) is 0 Å². The number of morpholine rings is 1. The summed E-state index contributed by atoms with van der Waals surface area (Å²) >= 11 is 5.84. The molecule has 0 aliphatic carbocycles. The molecule has 5 heteroatoms. The summed E-state index contributed by atoms with van der Waals surface area (Å²) in [6.45, 7) is 7.30. The van der Waals surface area contributed by atoms with Gasteiger partial charge in [0, 0.05) is 37.2 Å². The van der Waals surface area contributed by atoms with Crippen LogP contribution in [0.15, 0.2) is 24.3 Å². The van der Waals surface area contributed by atoms with Crippen LogP contribution in [0.4, 0.5) is 0 Å². The van der Waals surface area contributed by atoms with Gasteiger partial charge in [-0.2, -0.15) is 0 Å². The van der Waals surface area contributed by atoms with Crippen LogP contribution in [-0.4, -0.2) is 55.4 Å². The molecule has 2 unspecified atom stereocenters. The molecule has 112 valence electrons. The fourth-order valence-corrected chi connectivity index (χ4v) is 2.48. The zero-order chi connectivity index (χ0) is 14.4. The number of aliphatic hydroxyl groups is 1. The first-order chi connectivity index (χ1) is 9.65. The topological polar surface area (TPSA) is 44.7 Å². The highest BCUT2D eigenvalue weighted by molar-refractivity contribution is 6.30. The van der Waals surface area contributed by atoms with Crippen molar-refractivity contribution in [3.05, 3.63) is 34.9 Å². The Kier molecular flexibility index (Phi) is 6.26. The van der Waals surface area contributed by atoms with E-state index in [0.29, 0.717) is 17.6 Å². The zero-order valence-corrected chi connectivity index (χ0v) is 12.6. The van der Waals surface area contributed by atoms with Crippen LogP contribution in [0.1, 0.15) is 18.6 Å². The Balaban J connectivity index is 1.71. The molecule has 20 heavy (non-hydrogen) atoms. The molecule has 2 rings (SSSR count). The predicted octanol–water partition coefficient (Wildman–Crippen LogP) is 1.68. The van der Waals surface area contributed by atoms with Crippen LogP contribution in [-0.2, 0) is 4.74 Å². The molecule has 4 nitrogen and oxygen atoms in total. The molecule has 2 atom stereocenters. The van der Waals surface area contributed by atoms with Gasteiger partial charge >= 0.3 is 0 Å². The molecule has 2 N–H and O–H groups in total. The maximum Gasteiger partial charge on any atom is 0.0914 e. The van der Waals surface area contributed by atoms with Crippen molar-refractivity contribution in [2.75, 3.05) is 39.4 Å². The number of benzene rings is 1. The normalized spacial score (nSPS) is 19.8. The summed E-state index contributed by atoms with van der Waals surface area (Å²) < 4.78 is 5.33. The van der Waals surface area contributed by atoms with Crippen molar-refractivity contribution in [3.63, 3.8) is 0 Å². The summed E-state index contributed by atoms with van der Waals surface area (Å²) in [5.74, 6) is 0. The first-order valence-electron chi connectivity index (χ1n) is 7.12. The summed E-state index contributed by atoms with van der Waals surface area (Å²) in [7, 11) is 0. The van der Waals surface area contributed by atoms with Gasteiger partial charge in [0.15, 0.2) is 0 Å². The van der Waals surface area contributed by atoms with Gasteiger partial charge in [-0.15, -0.1) is 0 Å². The Bertz CT molecular complexity index is 393. The molecule has 1 heterocycles. The Morgan fingerprint density at radius 1 is 1.30 bits per heavy atom. The lowest BCUT2D eigenvalue weighted by Gasteiger charge is -2.29. The van der Waals surface area contributed by atoms with Crippen molar-refractivity contribution in [1.82, 2.24) is 10.2 Å². The molecule has 0 radical (unpaired) electrons. The summed E-state index contributed by atoms with van der Waals surface area (Å²) in [5, 5.41) is 14.2. The van der Waals surface area contributed by atoms with E-state index in [2.05, 4.69) is 17.1 Å². The van der Waals surface area contributed by atoms with Gasteiger partial charge in [-0.25, -0.2) is 0 Å². The Morgan fingerprint density at radius 2 is 1.95 bits per heavy atom. The van der Waals surface area contributed by atoms with Gasteiger partial charge in [-0.1, -0.05) is 23.7 Å².